The molecule has 0 saturated heterocycles. The zero-order chi connectivity index (χ0) is 15.1. The number of methoxy groups -OCH3 is 1. The molecule has 0 aromatic heterocycles. The zero-order valence-corrected chi connectivity index (χ0v) is 14.6. The van der Waals surface area contributed by atoms with E-state index in [-0.39, 0.29) is 18.2 Å². The van der Waals surface area contributed by atoms with Gasteiger partial charge in [-0.15, -0.1) is 12.4 Å². The van der Waals surface area contributed by atoms with E-state index in [2.05, 4.69) is 10.2 Å². The van der Waals surface area contributed by atoms with Gasteiger partial charge in [0.1, 0.15) is 0 Å². The van der Waals surface area contributed by atoms with Gasteiger partial charge in [-0.1, -0.05) is 19.3 Å². The van der Waals surface area contributed by atoms with Gasteiger partial charge in [-0.3, -0.25) is 0 Å². The van der Waals surface area contributed by atoms with Crippen LogP contribution in [0.25, 0.3) is 0 Å². The zero-order valence-electron chi connectivity index (χ0n) is 13.7. The molecule has 1 aromatic carbocycles. The minimum Gasteiger partial charge on any atom is -0.494 e. The van der Waals surface area contributed by atoms with Crippen molar-refractivity contribution in [3.63, 3.8) is 0 Å². The van der Waals surface area contributed by atoms with Gasteiger partial charge in [0.25, 0.3) is 0 Å². The van der Waals surface area contributed by atoms with E-state index >= 15 is 4.39 Å². The van der Waals surface area contributed by atoms with Gasteiger partial charge in [-0.2, -0.15) is 0 Å². The first-order valence-electron chi connectivity index (χ1n) is 8.64. The van der Waals surface area contributed by atoms with Crippen LogP contribution in [0.1, 0.15) is 49.1 Å². The predicted octanol–water partition coefficient (Wildman–Crippen LogP) is 3.84. The lowest BCUT2D eigenvalue weighted by Gasteiger charge is -2.41. The molecule has 1 saturated carbocycles. The van der Waals surface area contributed by atoms with Crippen LogP contribution in [0.4, 0.5) is 10.1 Å². The summed E-state index contributed by atoms with van der Waals surface area (Å²) < 4.78 is 20.5. The van der Waals surface area contributed by atoms with Crippen molar-refractivity contribution in [2.75, 3.05) is 31.6 Å². The molecule has 23 heavy (non-hydrogen) atoms. The van der Waals surface area contributed by atoms with Crippen molar-refractivity contribution in [3.8, 4) is 5.75 Å². The first-order valence-corrected chi connectivity index (χ1v) is 8.64. The van der Waals surface area contributed by atoms with Gasteiger partial charge in [0.05, 0.1) is 7.11 Å². The van der Waals surface area contributed by atoms with Crippen LogP contribution in [-0.2, 0) is 6.54 Å². The van der Waals surface area contributed by atoms with Crippen molar-refractivity contribution >= 4 is 18.1 Å². The highest BCUT2D eigenvalue weighted by atomic mass is 35.5. The van der Waals surface area contributed by atoms with Crippen LogP contribution >= 0.6 is 12.4 Å². The second-order valence-electron chi connectivity index (χ2n) is 6.94. The van der Waals surface area contributed by atoms with Crippen LogP contribution in [0, 0.1) is 11.7 Å². The number of fused-ring (bicyclic) bond motifs is 2. The lowest BCUT2D eigenvalue weighted by molar-refractivity contribution is 0.349. The van der Waals surface area contributed by atoms with Crippen LogP contribution in [0.15, 0.2) is 6.07 Å². The Bertz CT molecular complexity index is 581. The average molecular weight is 341 g/mol. The maximum absolute atomic E-state index is 15.1. The van der Waals surface area contributed by atoms with Gasteiger partial charge >= 0.3 is 0 Å². The van der Waals surface area contributed by atoms with Crippen molar-refractivity contribution in [2.24, 2.45) is 5.92 Å². The number of nitrogens with one attached hydrogen (secondary N) is 1. The summed E-state index contributed by atoms with van der Waals surface area (Å²) in [6, 6.07) is 1.90. The van der Waals surface area contributed by atoms with Crippen LogP contribution in [0.5, 0.6) is 5.75 Å². The Hall–Kier alpha value is -1.00. The molecule has 2 unspecified atom stereocenters. The summed E-state index contributed by atoms with van der Waals surface area (Å²) in [6.45, 7) is 3.86. The molecule has 3 nitrogen and oxygen atoms in total. The summed E-state index contributed by atoms with van der Waals surface area (Å²) in [4.78, 5) is 2.43. The summed E-state index contributed by atoms with van der Waals surface area (Å²) in [5.41, 5.74) is 3.33. The summed E-state index contributed by atoms with van der Waals surface area (Å²) in [5.74, 6) is 1.29. The fourth-order valence-electron chi connectivity index (χ4n) is 4.69. The standard InChI is InChI=1S/C18H25FN2O.ClH/c1-22-15-9-13-10-20-7-8-21-11-12-5-3-2-4-6-14(12)16(17(15)19)18(13)21;/h9,12,14,20H,2-8,10-11H2,1H3;1H. The smallest absolute Gasteiger partial charge is 0.170 e. The second kappa shape index (κ2) is 6.86. The summed E-state index contributed by atoms with van der Waals surface area (Å²) in [7, 11) is 1.58. The number of nitrogens with zero attached hydrogens (tertiary/aromatic N) is 1. The molecule has 128 valence electrons. The molecule has 1 aromatic rings. The number of ether oxygens (including phenoxy) is 1. The molecule has 3 aliphatic rings. The van der Waals surface area contributed by atoms with E-state index in [4.69, 9.17) is 4.74 Å². The molecule has 1 aliphatic carbocycles. The molecule has 0 amide bonds. The highest BCUT2D eigenvalue weighted by molar-refractivity contribution is 5.85. The highest BCUT2D eigenvalue weighted by Crippen LogP contribution is 2.49. The second-order valence-corrected chi connectivity index (χ2v) is 6.94. The number of rotatable bonds is 1. The van der Waals surface area contributed by atoms with E-state index in [0.717, 1.165) is 38.2 Å². The van der Waals surface area contributed by atoms with E-state index in [1.54, 1.807) is 7.11 Å². The van der Waals surface area contributed by atoms with Crippen molar-refractivity contribution < 1.29 is 9.13 Å². The van der Waals surface area contributed by atoms with Crippen LogP contribution in [-0.4, -0.2) is 26.7 Å². The maximum atomic E-state index is 15.1. The minimum absolute atomic E-state index is 0. The van der Waals surface area contributed by atoms with E-state index < -0.39 is 0 Å². The normalized spacial score (nSPS) is 26.3. The number of halogens is 2. The van der Waals surface area contributed by atoms with Crippen molar-refractivity contribution in [1.29, 1.82) is 0 Å². The van der Waals surface area contributed by atoms with Gasteiger partial charge in [0.15, 0.2) is 11.6 Å². The topological polar surface area (TPSA) is 24.5 Å². The highest BCUT2D eigenvalue weighted by Gasteiger charge is 2.39. The van der Waals surface area contributed by atoms with Crippen LogP contribution in [0.3, 0.4) is 0 Å². The molecule has 1 N–H and O–H groups in total. The van der Waals surface area contributed by atoms with E-state index in [0.29, 0.717) is 17.6 Å². The van der Waals surface area contributed by atoms with Gasteiger partial charge < -0.3 is 15.0 Å². The Morgan fingerprint density at radius 2 is 2.09 bits per heavy atom. The molecule has 0 spiro atoms. The Kier molecular flexibility index (Phi) is 5.02. The quantitative estimate of drug-likeness (QED) is 0.840. The van der Waals surface area contributed by atoms with E-state index in [1.165, 1.54) is 36.9 Å². The first kappa shape index (κ1) is 16.8. The third-order valence-corrected chi connectivity index (χ3v) is 5.71. The SMILES string of the molecule is COc1cc2c3c(c1F)C1CCCCCC1CN3CCNC2.Cl. The molecule has 2 heterocycles. The average Bonchev–Trinajstić information content (AvgIpc) is 2.88. The third-order valence-electron chi connectivity index (χ3n) is 5.71. The van der Waals surface area contributed by atoms with Gasteiger partial charge in [0.2, 0.25) is 0 Å². The predicted molar refractivity (Wildman–Crippen MR) is 93.4 cm³/mol. The monoisotopic (exact) mass is 340 g/mol. The Balaban J connectivity index is 0.00000156. The first-order chi connectivity index (χ1) is 10.8. The number of anilines is 1. The number of hydrogen-bond donors (Lipinski definition) is 1. The van der Waals surface area contributed by atoms with Gasteiger partial charge in [0, 0.05) is 37.4 Å². The molecule has 2 atom stereocenters. The lowest BCUT2D eigenvalue weighted by Crippen LogP contribution is -2.40. The summed E-state index contributed by atoms with van der Waals surface area (Å²) in [5, 5.41) is 3.47. The lowest BCUT2D eigenvalue weighted by atomic mass is 9.77. The maximum Gasteiger partial charge on any atom is 0.170 e. The Morgan fingerprint density at radius 1 is 1.26 bits per heavy atom. The Morgan fingerprint density at radius 3 is 2.91 bits per heavy atom. The summed E-state index contributed by atoms with van der Waals surface area (Å²) in [6.07, 6.45) is 6.18. The van der Waals surface area contributed by atoms with Crippen LogP contribution < -0.4 is 15.0 Å². The molecule has 0 radical (unpaired) electrons. The molecular formula is C18H26ClFN2O. The van der Waals surface area contributed by atoms with Crippen molar-refractivity contribution in [2.45, 2.75) is 44.6 Å². The molecule has 5 heteroatoms. The molecular weight excluding hydrogens is 315 g/mol. The largest absolute Gasteiger partial charge is 0.494 e. The molecule has 1 fully saturated rings. The van der Waals surface area contributed by atoms with Gasteiger partial charge in [-0.25, -0.2) is 4.39 Å². The summed E-state index contributed by atoms with van der Waals surface area (Å²) >= 11 is 0. The van der Waals surface area contributed by atoms with E-state index in [1.807, 2.05) is 6.07 Å². The van der Waals surface area contributed by atoms with Crippen molar-refractivity contribution in [3.05, 3.63) is 23.0 Å². The third kappa shape index (κ3) is 2.80. The molecule has 0 bridgehead atoms. The fourth-order valence-corrected chi connectivity index (χ4v) is 4.69. The number of benzene rings is 1. The molecule has 4 rings (SSSR count). The fraction of sp³-hybridized carbons (Fsp3) is 0.667. The van der Waals surface area contributed by atoms with E-state index in [9.17, 15) is 0 Å². The number of hydrogen-bond acceptors (Lipinski definition) is 3. The Labute approximate surface area is 144 Å². The molecule has 2 aliphatic heterocycles. The van der Waals surface area contributed by atoms with Crippen LogP contribution in [0.2, 0.25) is 0 Å². The minimum atomic E-state index is -0.107. The van der Waals surface area contributed by atoms with Crippen molar-refractivity contribution in [1.82, 2.24) is 5.32 Å². The van der Waals surface area contributed by atoms with Gasteiger partial charge in [-0.05, 0) is 36.3 Å².